The monoisotopic (exact) mass is 393 g/mol. The molecule has 3 nitrogen and oxygen atoms in total. The summed E-state index contributed by atoms with van der Waals surface area (Å²) in [5.74, 6) is 1.24. The fourth-order valence-electron chi connectivity index (χ4n) is 4.47. The maximum Gasteiger partial charge on any atom is 0.200 e. The Hall–Kier alpha value is -0.670. The summed E-state index contributed by atoms with van der Waals surface area (Å²) < 4.78 is 0.713. The van der Waals surface area contributed by atoms with Crippen LogP contribution >= 0.6 is 0 Å². The van der Waals surface area contributed by atoms with Crippen LogP contribution in [0.2, 0.25) is 0 Å². The molecule has 0 aliphatic carbocycles. The van der Waals surface area contributed by atoms with E-state index in [0.717, 1.165) is 26.1 Å². The Labute approximate surface area is 175 Å². The minimum atomic E-state index is -0.319. The predicted octanol–water partition coefficient (Wildman–Crippen LogP) is 7.00. The van der Waals surface area contributed by atoms with Crippen LogP contribution in [0.1, 0.15) is 117 Å². The number of rotatable bonds is 18. The van der Waals surface area contributed by atoms with Gasteiger partial charge in [-0.15, -0.1) is 0 Å². The number of unbranched alkanes of at least 4 members (excludes halogenated alkanes) is 12. The molecular formula is C25H49N2O+. The Morgan fingerprint density at radius 3 is 1.93 bits per heavy atom. The van der Waals surface area contributed by atoms with Crippen molar-refractivity contribution in [3.05, 3.63) is 12.2 Å². The molecule has 2 atom stereocenters. The smallest absolute Gasteiger partial charge is 0.200 e. The van der Waals surface area contributed by atoms with Gasteiger partial charge in [-0.3, -0.25) is 4.48 Å². The van der Waals surface area contributed by atoms with Gasteiger partial charge < -0.3 is 5.11 Å². The third-order valence-corrected chi connectivity index (χ3v) is 6.50. The number of aliphatic imine (C=N–C) groups is 1. The van der Waals surface area contributed by atoms with Gasteiger partial charge in [0.1, 0.15) is 6.54 Å². The van der Waals surface area contributed by atoms with Gasteiger partial charge in [-0.2, -0.15) is 0 Å². The second-order valence-corrected chi connectivity index (χ2v) is 8.69. The number of hydrogen-bond donors (Lipinski definition) is 1. The summed E-state index contributed by atoms with van der Waals surface area (Å²) in [5, 5.41) is 10.2. The zero-order valence-electron chi connectivity index (χ0n) is 19.3. The second kappa shape index (κ2) is 16.2. The quantitative estimate of drug-likeness (QED) is 0.152. The lowest BCUT2D eigenvalue weighted by Gasteiger charge is -2.36. The fraction of sp³-hybridized carbons (Fsp3) is 0.880. The Morgan fingerprint density at radius 1 is 0.857 bits per heavy atom. The van der Waals surface area contributed by atoms with Gasteiger partial charge in [0.05, 0.1) is 13.1 Å². The molecule has 1 aliphatic heterocycles. The van der Waals surface area contributed by atoms with Crippen molar-refractivity contribution in [2.45, 2.75) is 123 Å². The Balaban J connectivity index is 1.92. The van der Waals surface area contributed by atoms with E-state index < -0.39 is 0 Å². The van der Waals surface area contributed by atoms with Gasteiger partial charge in [-0.1, -0.05) is 76.9 Å². The van der Waals surface area contributed by atoms with E-state index >= 15 is 0 Å². The van der Waals surface area contributed by atoms with Gasteiger partial charge in [0, 0.05) is 13.3 Å². The molecule has 0 fully saturated rings. The lowest BCUT2D eigenvalue weighted by Crippen LogP contribution is -2.56. The highest BCUT2D eigenvalue weighted by molar-refractivity contribution is 5.76. The SMILES string of the molecule is CCCCCCCC/C=C/CCCCCCCCC1=NCC[N+]1(CC)C(C)O. The molecule has 0 spiro atoms. The fourth-order valence-corrected chi connectivity index (χ4v) is 4.47. The van der Waals surface area contributed by atoms with Gasteiger partial charge in [0.2, 0.25) is 5.84 Å². The maximum absolute atomic E-state index is 10.2. The maximum atomic E-state index is 10.2. The van der Waals surface area contributed by atoms with E-state index in [-0.39, 0.29) is 6.23 Å². The zero-order valence-corrected chi connectivity index (χ0v) is 19.3. The van der Waals surface area contributed by atoms with Gasteiger partial charge in [-0.05, 0) is 39.0 Å². The molecule has 28 heavy (non-hydrogen) atoms. The number of amidine groups is 1. The Kier molecular flexibility index (Phi) is 14.6. The van der Waals surface area contributed by atoms with Gasteiger partial charge in [0.25, 0.3) is 0 Å². The van der Waals surface area contributed by atoms with Gasteiger partial charge >= 0.3 is 0 Å². The number of likely N-dealkylation sites (N-methyl/N-ethyl adjacent to an activating group) is 1. The van der Waals surface area contributed by atoms with Crippen LogP contribution in [0.4, 0.5) is 0 Å². The first-order valence-corrected chi connectivity index (χ1v) is 12.4. The summed E-state index contributed by atoms with van der Waals surface area (Å²) in [4.78, 5) is 4.71. The first kappa shape index (κ1) is 25.4. The minimum Gasteiger partial charge on any atom is -0.345 e. The van der Waals surface area contributed by atoms with E-state index in [1.165, 1.54) is 95.7 Å². The number of nitrogens with zero attached hydrogens (tertiary/aromatic N) is 2. The van der Waals surface area contributed by atoms with E-state index in [1.54, 1.807) is 0 Å². The highest BCUT2D eigenvalue weighted by atomic mass is 16.3. The molecule has 2 unspecified atom stereocenters. The summed E-state index contributed by atoms with van der Waals surface area (Å²) in [6, 6.07) is 0. The van der Waals surface area contributed by atoms with E-state index in [1.807, 2.05) is 6.92 Å². The summed E-state index contributed by atoms with van der Waals surface area (Å²) in [6.45, 7) is 9.21. The summed E-state index contributed by atoms with van der Waals surface area (Å²) >= 11 is 0. The first-order valence-electron chi connectivity index (χ1n) is 12.4. The van der Waals surface area contributed by atoms with Crippen molar-refractivity contribution < 1.29 is 9.59 Å². The lowest BCUT2D eigenvalue weighted by molar-refractivity contribution is -0.882. The van der Waals surface area contributed by atoms with Gasteiger partial charge in [-0.25, -0.2) is 4.99 Å². The summed E-state index contributed by atoms with van der Waals surface area (Å²) in [6.07, 6.45) is 24.4. The molecule has 0 bridgehead atoms. The normalized spacial score (nSPS) is 20.8. The second-order valence-electron chi connectivity index (χ2n) is 8.69. The van der Waals surface area contributed by atoms with Crippen molar-refractivity contribution in [3.8, 4) is 0 Å². The van der Waals surface area contributed by atoms with Crippen molar-refractivity contribution in [3.63, 3.8) is 0 Å². The number of allylic oxidation sites excluding steroid dienone is 2. The highest BCUT2D eigenvalue weighted by Crippen LogP contribution is 2.23. The van der Waals surface area contributed by atoms with Gasteiger partial charge in [0.15, 0.2) is 6.23 Å². The molecule has 0 amide bonds. The van der Waals surface area contributed by atoms with Crippen molar-refractivity contribution >= 4 is 5.84 Å². The molecule has 3 heteroatoms. The minimum absolute atomic E-state index is 0.319. The standard InChI is InChI=1S/C25H49N2O/c1-4-6-7-8-9-10-11-12-13-14-15-16-17-18-19-20-21-25-26-22-23-27(25,5-2)24(3)28/h12-13,24,28H,4-11,14-23H2,1-3H3/q+1/b13-12+. The third kappa shape index (κ3) is 9.69. The van der Waals surface area contributed by atoms with E-state index in [4.69, 9.17) is 4.99 Å². The van der Waals surface area contributed by atoms with Crippen molar-refractivity contribution in [1.82, 2.24) is 0 Å². The van der Waals surface area contributed by atoms with E-state index in [9.17, 15) is 5.11 Å². The van der Waals surface area contributed by atoms with Crippen molar-refractivity contribution in [2.24, 2.45) is 4.99 Å². The van der Waals surface area contributed by atoms with E-state index in [2.05, 4.69) is 26.0 Å². The Bertz CT molecular complexity index is 430. The molecule has 0 radical (unpaired) electrons. The van der Waals surface area contributed by atoms with Crippen LogP contribution in [0, 0.1) is 0 Å². The van der Waals surface area contributed by atoms with Crippen LogP contribution in [-0.4, -0.2) is 41.3 Å². The highest BCUT2D eigenvalue weighted by Gasteiger charge is 2.40. The third-order valence-electron chi connectivity index (χ3n) is 6.50. The molecular weight excluding hydrogens is 344 g/mol. The average Bonchev–Trinajstić information content (AvgIpc) is 3.12. The van der Waals surface area contributed by atoms with Crippen LogP contribution in [0.15, 0.2) is 17.1 Å². The Morgan fingerprint density at radius 2 is 1.39 bits per heavy atom. The van der Waals surface area contributed by atoms with E-state index in [0.29, 0.717) is 4.48 Å². The molecule has 0 saturated heterocycles. The average molecular weight is 394 g/mol. The molecule has 164 valence electrons. The zero-order chi connectivity index (χ0) is 20.5. The molecule has 0 aromatic carbocycles. The molecule has 1 rings (SSSR count). The molecule has 0 aromatic rings. The number of hydrogen-bond acceptors (Lipinski definition) is 2. The summed E-state index contributed by atoms with van der Waals surface area (Å²) in [7, 11) is 0. The number of aliphatic hydroxyl groups is 1. The lowest BCUT2D eigenvalue weighted by atomic mass is 10.1. The number of quaternary nitrogens is 1. The molecule has 1 aliphatic rings. The molecule has 0 saturated carbocycles. The van der Waals surface area contributed by atoms with Crippen LogP contribution in [-0.2, 0) is 0 Å². The first-order chi connectivity index (χ1) is 13.7. The van der Waals surface area contributed by atoms with Crippen LogP contribution in [0.25, 0.3) is 0 Å². The van der Waals surface area contributed by atoms with Crippen LogP contribution in [0.3, 0.4) is 0 Å². The number of aliphatic hydroxyl groups excluding tert-OH is 1. The molecule has 0 aromatic heterocycles. The molecule has 1 N–H and O–H groups in total. The topological polar surface area (TPSA) is 32.6 Å². The van der Waals surface area contributed by atoms with Crippen LogP contribution < -0.4 is 0 Å². The van der Waals surface area contributed by atoms with Crippen molar-refractivity contribution in [1.29, 1.82) is 0 Å². The summed E-state index contributed by atoms with van der Waals surface area (Å²) in [5.41, 5.74) is 0. The largest absolute Gasteiger partial charge is 0.345 e. The predicted molar refractivity (Wildman–Crippen MR) is 124 cm³/mol. The molecule has 1 heterocycles. The van der Waals surface area contributed by atoms with Crippen LogP contribution in [0.5, 0.6) is 0 Å². The van der Waals surface area contributed by atoms with Crippen molar-refractivity contribution in [2.75, 3.05) is 19.6 Å².